The largest absolute Gasteiger partial charge is 0.506 e. The molecule has 2 aliphatic heterocycles. The molecule has 0 spiro atoms. The summed E-state index contributed by atoms with van der Waals surface area (Å²) in [6, 6.07) is 1.67. The molecule has 0 saturated carbocycles. The van der Waals surface area contributed by atoms with E-state index >= 15 is 0 Å². The maximum atomic E-state index is 12.5. The number of fused-ring (bicyclic) bond motifs is 1. The van der Waals surface area contributed by atoms with E-state index < -0.39 is 0 Å². The van der Waals surface area contributed by atoms with Gasteiger partial charge in [0.25, 0.3) is 5.91 Å². The van der Waals surface area contributed by atoms with Crippen molar-refractivity contribution in [3.05, 3.63) is 58.2 Å². The molecule has 0 radical (unpaired) electrons. The molecule has 0 bridgehead atoms. The lowest BCUT2D eigenvalue weighted by atomic mass is 9.93. The second kappa shape index (κ2) is 13.4. The highest BCUT2D eigenvalue weighted by Gasteiger charge is 2.21. The molecule has 7 heteroatoms. The van der Waals surface area contributed by atoms with Crippen molar-refractivity contribution in [2.45, 2.75) is 65.2 Å². The molecule has 190 valence electrons. The fraction of sp³-hybridized carbons (Fsp3) is 0.500. The summed E-state index contributed by atoms with van der Waals surface area (Å²) in [7, 11) is 0. The first-order chi connectivity index (χ1) is 16.9. The molecule has 1 aromatic carbocycles. The number of allylic oxidation sites excluding steroid dienone is 3. The highest BCUT2D eigenvalue weighted by atomic mass is 35.5. The topological polar surface area (TPSA) is 71.4 Å². The van der Waals surface area contributed by atoms with Gasteiger partial charge in [0.2, 0.25) is 0 Å². The van der Waals surface area contributed by atoms with E-state index in [1.807, 2.05) is 17.9 Å². The Balaban J connectivity index is 1.94. The molecule has 35 heavy (non-hydrogen) atoms. The Morgan fingerprint density at radius 3 is 2.74 bits per heavy atom. The van der Waals surface area contributed by atoms with Crippen LogP contribution in [0.3, 0.4) is 0 Å². The van der Waals surface area contributed by atoms with Gasteiger partial charge in [0, 0.05) is 25.1 Å². The molecule has 0 atom stereocenters. The first-order valence-electron chi connectivity index (χ1n) is 12.5. The number of piperidine rings is 1. The number of phenolic OH excluding ortho intramolecular Hbond substituents is 1. The predicted molar refractivity (Wildman–Crippen MR) is 142 cm³/mol. The Morgan fingerprint density at radius 2 is 2.00 bits per heavy atom. The number of aryl methyl sites for hydroxylation is 1. The minimum absolute atomic E-state index is 0.0142. The summed E-state index contributed by atoms with van der Waals surface area (Å²) in [4.78, 5) is 19.9. The molecule has 0 aromatic heterocycles. The van der Waals surface area contributed by atoms with Gasteiger partial charge in [0.15, 0.2) is 6.61 Å². The maximum absolute atomic E-state index is 12.5. The van der Waals surface area contributed by atoms with Gasteiger partial charge in [0.1, 0.15) is 11.5 Å². The van der Waals surface area contributed by atoms with Crippen LogP contribution in [0.15, 0.2) is 41.6 Å². The molecule has 2 aliphatic rings. The van der Waals surface area contributed by atoms with E-state index in [4.69, 9.17) is 21.2 Å². The van der Waals surface area contributed by atoms with Crippen LogP contribution in [0.4, 0.5) is 0 Å². The van der Waals surface area contributed by atoms with Crippen molar-refractivity contribution >= 4 is 29.0 Å². The van der Waals surface area contributed by atoms with E-state index in [9.17, 15) is 9.90 Å². The summed E-state index contributed by atoms with van der Waals surface area (Å²) in [5.74, 6) is 0.484. The third-order valence-electron chi connectivity index (χ3n) is 6.37. The van der Waals surface area contributed by atoms with Crippen molar-refractivity contribution < 1.29 is 19.5 Å². The Bertz CT molecular complexity index is 1010. The van der Waals surface area contributed by atoms with Gasteiger partial charge in [-0.05, 0) is 75.1 Å². The normalized spacial score (nSPS) is 21.3. The molecule has 1 aromatic rings. The number of phenols is 1. The minimum atomic E-state index is -0.101. The van der Waals surface area contributed by atoms with E-state index in [-0.39, 0.29) is 23.3 Å². The number of rotatable bonds is 4. The molecule has 1 saturated heterocycles. The molecule has 3 rings (SSSR count). The lowest BCUT2D eigenvalue weighted by Gasteiger charge is -2.26. The monoisotopic (exact) mass is 500 g/mol. The first-order valence-corrected chi connectivity index (χ1v) is 12.9. The maximum Gasteiger partial charge on any atom is 0.263 e. The number of likely N-dealkylation sites (tertiary alicyclic amines) is 1. The van der Waals surface area contributed by atoms with Crippen LogP contribution in [0.2, 0.25) is 5.02 Å². The van der Waals surface area contributed by atoms with Gasteiger partial charge in [-0.2, -0.15) is 0 Å². The van der Waals surface area contributed by atoms with E-state index in [0.717, 1.165) is 68.3 Å². The number of aromatic hydroxyl groups is 1. The van der Waals surface area contributed by atoms with Crippen LogP contribution < -0.4 is 0 Å². The third kappa shape index (κ3) is 7.63. The second-order valence-electron chi connectivity index (χ2n) is 9.11. The van der Waals surface area contributed by atoms with Gasteiger partial charge in [0.05, 0.1) is 17.3 Å². The zero-order valence-electron chi connectivity index (χ0n) is 20.9. The molecule has 6 nitrogen and oxygen atoms in total. The average Bonchev–Trinajstić information content (AvgIpc) is 2.85. The van der Waals surface area contributed by atoms with Crippen LogP contribution >= 0.6 is 11.6 Å². The molecule has 1 N–H and O–H groups in total. The number of hydrogen-bond acceptors (Lipinski definition) is 5. The van der Waals surface area contributed by atoms with Crippen molar-refractivity contribution in [2.24, 2.45) is 5.16 Å². The van der Waals surface area contributed by atoms with E-state index in [2.05, 4.69) is 30.8 Å². The summed E-state index contributed by atoms with van der Waals surface area (Å²) in [5.41, 5.74) is 4.14. The number of nitrogens with zero attached hydrogens (tertiary/aromatic N) is 2. The second-order valence-corrected chi connectivity index (χ2v) is 9.49. The van der Waals surface area contributed by atoms with Crippen molar-refractivity contribution in [3.63, 3.8) is 0 Å². The molecule has 0 unspecified atom stereocenters. The third-order valence-corrected chi connectivity index (χ3v) is 6.79. The zero-order chi connectivity index (χ0) is 25.2. The van der Waals surface area contributed by atoms with Gasteiger partial charge in [-0.1, -0.05) is 48.0 Å². The number of carbonyl (C=O) groups is 1. The number of benzene rings is 1. The quantitative estimate of drug-likeness (QED) is 0.394. The number of ether oxygens (including phenoxy) is 1. The summed E-state index contributed by atoms with van der Waals surface area (Å²) in [5, 5.41) is 15.1. The van der Waals surface area contributed by atoms with E-state index in [0.29, 0.717) is 36.5 Å². The summed E-state index contributed by atoms with van der Waals surface area (Å²) >= 11 is 6.61. The van der Waals surface area contributed by atoms with Gasteiger partial charge in [-0.25, -0.2) is 0 Å². The summed E-state index contributed by atoms with van der Waals surface area (Å²) in [6.45, 7) is 10.2. The summed E-state index contributed by atoms with van der Waals surface area (Å²) in [6.07, 6.45) is 13.0. The average molecular weight is 501 g/mol. The Labute approximate surface area is 213 Å². The standard InChI is InChI=1S/C28H37ClN2O4/c1-4-22-17-25(32)28(29)24-18-23(30-35-19-26(33)31-13-9-7-10-14-31)16-20(2)12-8-5-6-11-15-34-21(3)27(22)24/h5-6,16-17,32H,3-4,7-15,18-19H2,1-2H3/b6-5+,20-16+,30-23-. The number of halogens is 1. The highest BCUT2D eigenvalue weighted by Crippen LogP contribution is 2.37. The molecule has 1 amide bonds. The van der Waals surface area contributed by atoms with E-state index in [1.165, 1.54) is 0 Å². The zero-order valence-corrected chi connectivity index (χ0v) is 21.7. The molecule has 0 aliphatic carbocycles. The van der Waals surface area contributed by atoms with Crippen LogP contribution in [0.5, 0.6) is 5.75 Å². The Hall–Kier alpha value is -2.73. The first kappa shape index (κ1) is 26.9. The van der Waals surface area contributed by atoms with Crippen LogP contribution in [0, 0.1) is 0 Å². The lowest BCUT2D eigenvalue weighted by molar-refractivity contribution is -0.137. The molecule has 2 heterocycles. The number of amides is 1. The number of hydrogen-bond donors (Lipinski definition) is 1. The van der Waals surface area contributed by atoms with Crippen LogP contribution in [0.1, 0.15) is 69.1 Å². The van der Waals surface area contributed by atoms with Gasteiger partial charge < -0.3 is 19.6 Å². The Kier molecular flexibility index (Phi) is 10.3. The van der Waals surface area contributed by atoms with Crippen molar-refractivity contribution in [1.29, 1.82) is 0 Å². The number of carbonyl (C=O) groups excluding carboxylic acids is 1. The predicted octanol–water partition coefficient (Wildman–Crippen LogP) is 6.21. The van der Waals surface area contributed by atoms with Gasteiger partial charge in [-0.3, -0.25) is 4.79 Å². The summed E-state index contributed by atoms with van der Waals surface area (Å²) < 4.78 is 5.96. The Morgan fingerprint density at radius 1 is 1.26 bits per heavy atom. The van der Waals surface area contributed by atoms with Gasteiger partial charge in [-0.15, -0.1) is 0 Å². The van der Waals surface area contributed by atoms with Gasteiger partial charge >= 0.3 is 0 Å². The van der Waals surface area contributed by atoms with Crippen LogP contribution in [0.25, 0.3) is 5.76 Å². The SMILES string of the molecule is C=C1OCC/C=C/CC/C(C)=C/C(=N/OCC(=O)N2CCCCC2)Cc2c(Cl)c(O)cc(CC)c21. The minimum Gasteiger partial charge on any atom is -0.506 e. The number of oxime groups is 1. The highest BCUT2D eigenvalue weighted by molar-refractivity contribution is 6.33. The van der Waals surface area contributed by atoms with Crippen LogP contribution in [-0.4, -0.2) is 47.9 Å². The van der Waals surface area contributed by atoms with Crippen molar-refractivity contribution in [2.75, 3.05) is 26.3 Å². The smallest absolute Gasteiger partial charge is 0.263 e. The molecule has 1 fully saturated rings. The van der Waals surface area contributed by atoms with Crippen LogP contribution in [-0.2, 0) is 27.2 Å². The lowest BCUT2D eigenvalue weighted by Crippen LogP contribution is -2.37. The molecular formula is C28H37ClN2O4. The molecular weight excluding hydrogens is 464 g/mol. The fourth-order valence-corrected chi connectivity index (χ4v) is 4.69. The fourth-order valence-electron chi connectivity index (χ4n) is 4.47. The van der Waals surface area contributed by atoms with Crippen molar-refractivity contribution in [3.8, 4) is 5.75 Å². The van der Waals surface area contributed by atoms with Crippen molar-refractivity contribution in [1.82, 2.24) is 4.90 Å². The van der Waals surface area contributed by atoms with E-state index in [1.54, 1.807) is 6.07 Å².